The van der Waals surface area contributed by atoms with E-state index in [2.05, 4.69) is 0 Å². The molecule has 4 aliphatic carbocycles. The van der Waals surface area contributed by atoms with Crippen molar-refractivity contribution in [2.45, 2.75) is 83.4 Å². The van der Waals surface area contributed by atoms with Crippen molar-refractivity contribution in [1.29, 1.82) is 0 Å². The van der Waals surface area contributed by atoms with E-state index in [-0.39, 0.29) is 25.0 Å². The van der Waals surface area contributed by atoms with Crippen molar-refractivity contribution in [3.8, 4) is 0 Å². The number of rotatable bonds is 5. The van der Waals surface area contributed by atoms with Gasteiger partial charge in [-0.1, -0.05) is 6.92 Å². The van der Waals surface area contributed by atoms with Crippen LogP contribution >= 0.6 is 0 Å². The molecule has 25 heavy (non-hydrogen) atoms. The Labute approximate surface area is 146 Å². The van der Waals surface area contributed by atoms with Gasteiger partial charge in [0.15, 0.2) is 0 Å². The zero-order valence-electron chi connectivity index (χ0n) is 14.7. The fraction of sp³-hybridized carbons (Fsp3) is 0.895. The maximum absolute atomic E-state index is 14.5. The largest absolute Gasteiger partial charge is 0.389 e. The molecule has 0 spiro atoms. The average Bonchev–Trinajstić information content (AvgIpc) is 2.57. The molecule has 0 N–H and O–H groups in total. The first kappa shape index (κ1) is 19.1. The molecule has 2 bridgehead atoms. The van der Waals surface area contributed by atoms with Gasteiger partial charge < -0.3 is 4.74 Å². The molecule has 1 nitrogen and oxygen atoms in total. The lowest BCUT2D eigenvalue weighted by atomic mass is 9.58. The third kappa shape index (κ3) is 4.04. The molecule has 0 aromatic carbocycles. The smallest absolute Gasteiger partial charge is 0.377 e. The molecule has 0 heterocycles. The molecular weight excluding hydrogens is 339 g/mol. The minimum Gasteiger partial charge on any atom is -0.377 e. The molecule has 0 atom stereocenters. The van der Waals surface area contributed by atoms with Gasteiger partial charge in [-0.3, -0.25) is 0 Å². The van der Waals surface area contributed by atoms with Crippen LogP contribution in [-0.4, -0.2) is 18.9 Å². The summed E-state index contributed by atoms with van der Waals surface area (Å²) in [5, 5.41) is 0. The third-order valence-corrected chi connectivity index (χ3v) is 6.72. The maximum atomic E-state index is 14.5. The van der Waals surface area contributed by atoms with Crippen LogP contribution in [0, 0.1) is 16.7 Å². The molecule has 144 valence electrons. The number of ether oxygens (including phenoxy) is 1. The second-order valence-electron chi connectivity index (χ2n) is 8.58. The van der Waals surface area contributed by atoms with Gasteiger partial charge in [0.25, 0.3) is 0 Å². The van der Waals surface area contributed by atoms with Gasteiger partial charge in [0.2, 0.25) is 0 Å². The zero-order valence-corrected chi connectivity index (χ0v) is 14.7. The summed E-state index contributed by atoms with van der Waals surface area (Å²) < 4.78 is 71.6. The molecule has 2 saturated carbocycles. The lowest BCUT2D eigenvalue weighted by Crippen LogP contribution is -2.44. The summed E-state index contributed by atoms with van der Waals surface area (Å²) in [4.78, 5) is 0. The summed E-state index contributed by atoms with van der Waals surface area (Å²) in [5.41, 5.74) is -1.45. The summed E-state index contributed by atoms with van der Waals surface area (Å²) in [6.45, 7) is 1.98. The first-order valence-electron chi connectivity index (χ1n) is 9.38. The fourth-order valence-corrected chi connectivity index (χ4v) is 4.66. The molecule has 0 unspecified atom stereocenters. The van der Waals surface area contributed by atoms with Crippen molar-refractivity contribution in [3.05, 3.63) is 11.7 Å². The van der Waals surface area contributed by atoms with E-state index in [0.29, 0.717) is 38.5 Å². The number of halogens is 5. The minimum atomic E-state index is -4.09. The third-order valence-electron chi connectivity index (χ3n) is 6.72. The van der Waals surface area contributed by atoms with Gasteiger partial charge in [0.1, 0.15) is 11.7 Å². The molecule has 0 saturated heterocycles. The first-order valence-corrected chi connectivity index (χ1v) is 9.38. The Hall–Kier alpha value is -0.650. The van der Waals surface area contributed by atoms with E-state index >= 15 is 0 Å². The van der Waals surface area contributed by atoms with Crippen LogP contribution in [0.2, 0.25) is 0 Å². The lowest BCUT2D eigenvalue weighted by Gasteiger charge is -2.49. The predicted octanol–water partition coefficient (Wildman–Crippen LogP) is 6.64. The second-order valence-corrected chi connectivity index (χ2v) is 8.58. The van der Waals surface area contributed by atoms with Crippen molar-refractivity contribution in [2.75, 3.05) is 6.61 Å². The van der Waals surface area contributed by atoms with Crippen LogP contribution in [-0.2, 0) is 4.74 Å². The highest BCUT2D eigenvalue weighted by Crippen LogP contribution is 2.60. The van der Waals surface area contributed by atoms with Crippen LogP contribution in [0.5, 0.6) is 0 Å². The number of fused-ring (bicyclic) bond motifs is 2. The Morgan fingerprint density at radius 1 is 0.960 bits per heavy atom. The van der Waals surface area contributed by atoms with Crippen LogP contribution in [0.25, 0.3) is 0 Å². The van der Waals surface area contributed by atoms with Gasteiger partial charge in [0, 0.05) is 17.3 Å². The van der Waals surface area contributed by atoms with Gasteiger partial charge in [0.05, 0.1) is 12.7 Å². The van der Waals surface area contributed by atoms with E-state index in [1.54, 1.807) is 6.92 Å². The van der Waals surface area contributed by atoms with Gasteiger partial charge in [-0.15, -0.1) is 0 Å². The topological polar surface area (TPSA) is 9.23 Å². The summed E-state index contributed by atoms with van der Waals surface area (Å²) in [6.07, 6.45) is 0.735. The van der Waals surface area contributed by atoms with Gasteiger partial charge in [-0.2, -0.15) is 13.2 Å². The zero-order chi connectivity index (χ0) is 18.3. The minimum absolute atomic E-state index is 0.0393. The summed E-state index contributed by atoms with van der Waals surface area (Å²) in [7, 11) is 0. The molecule has 0 aromatic rings. The van der Waals surface area contributed by atoms with Crippen molar-refractivity contribution in [3.63, 3.8) is 0 Å². The van der Waals surface area contributed by atoms with E-state index in [1.165, 1.54) is 0 Å². The molecule has 0 amide bonds. The average molecular weight is 366 g/mol. The van der Waals surface area contributed by atoms with Crippen molar-refractivity contribution >= 4 is 0 Å². The van der Waals surface area contributed by atoms with Crippen LogP contribution in [0.3, 0.4) is 0 Å². The Morgan fingerprint density at radius 3 is 2.12 bits per heavy atom. The number of allylic oxidation sites excluding steroid dienone is 1. The van der Waals surface area contributed by atoms with Crippen LogP contribution in [0.1, 0.15) is 71.1 Å². The van der Waals surface area contributed by atoms with E-state index in [1.807, 2.05) is 0 Å². The summed E-state index contributed by atoms with van der Waals surface area (Å²) in [5.74, 6) is -1.12. The monoisotopic (exact) mass is 366 g/mol. The second kappa shape index (κ2) is 6.82. The molecular formula is C19H27F5O. The predicted molar refractivity (Wildman–Crippen MR) is 85.2 cm³/mol. The van der Waals surface area contributed by atoms with Crippen LogP contribution in [0.4, 0.5) is 22.0 Å². The Balaban J connectivity index is 1.48. The Bertz CT molecular complexity index is 508. The molecule has 6 heteroatoms. The SMILES string of the molecule is CC12CCC(COC3CCC(CCC(F)(F)F)CC3)(CC1)C(F)=C2F. The number of hydrogen-bond acceptors (Lipinski definition) is 1. The summed E-state index contributed by atoms with van der Waals surface area (Å²) >= 11 is 0. The van der Waals surface area contributed by atoms with Crippen LogP contribution in [0.15, 0.2) is 11.7 Å². The summed E-state index contributed by atoms with van der Waals surface area (Å²) in [6, 6.07) is 0. The van der Waals surface area contributed by atoms with E-state index in [9.17, 15) is 22.0 Å². The quantitative estimate of drug-likeness (QED) is 0.496. The van der Waals surface area contributed by atoms with Crippen molar-refractivity contribution in [2.24, 2.45) is 16.7 Å². The highest BCUT2D eigenvalue weighted by Gasteiger charge is 2.53. The molecule has 2 fully saturated rings. The van der Waals surface area contributed by atoms with Gasteiger partial charge in [-0.05, 0) is 63.7 Å². The fourth-order valence-electron chi connectivity index (χ4n) is 4.66. The lowest BCUT2D eigenvalue weighted by molar-refractivity contribution is -0.138. The normalized spacial score (nSPS) is 39.1. The molecule has 0 radical (unpaired) electrons. The van der Waals surface area contributed by atoms with Gasteiger partial charge >= 0.3 is 6.18 Å². The number of hydrogen-bond donors (Lipinski definition) is 0. The van der Waals surface area contributed by atoms with E-state index < -0.39 is 35.1 Å². The first-order chi connectivity index (χ1) is 11.6. The van der Waals surface area contributed by atoms with E-state index in [4.69, 9.17) is 4.74 Å². The number of alkyl halides is 3. The molecule has 4 aliphatic rings. The Kier molecular flexibility index (Phi) is 5.22. The van der Waals surface area contributed by atoms with Gasteiger partial charge in [-0.25, -0.2) is 8.78 Å². The van der Waals surface area contributed by atoms with Crippen molar-refractivity contribution in [1.82, 2.24) is 0 Å². The maximum Gasteiger partial charge on any atom is 0.389 e. The Morgan fingerprint density at radius 2 is 1.56 bits per heavy atom. The van der Waals surface area contributed by atoms with Crippen LogP contribution < -0.4 is 0 Å². The molecule has 0 aliphatic heterocycles. The van der Waals surface area contributed by atoms with E-state index in [0.717, 1.165) is 12.8 Å². The highest BCUT2D eigenvalue weighted by atomic mass is 19.4. The standard InChI is InChI=1S/C19H27F5O/c1-17-8-10-18(11-9-17,16(21)15(17)20)12-25-14-4-2-13(3-5-14)6-7-19(22,23)24/h13-14H,2-12H2,1H3. The molecule has 0 aromatic heterocycles. The van der Waals surface area contributed by atoms with Crippen molar-refractivity contribution < 1.29 is 26.7 Å². The molecule has 4 rings (SSSR count). The highest BCUT2D eigenvalue weighted by molar-refractivity contribution is 5.26.